The number of aromatic nitrogens is 1. The number of carbonyl (C=O) groups excluding carboxylic acids is 2. The Morgan fingerprint density at radius 1 is 0.917 bits per heavy atom. The van der Waals surface area contributed by atoms with E-state index in [1.807, 2.05) is 24.3 Å². The Morgan fingerprint density at radius 3 is 2.19 bits per heavy atom. The molecule has 0 saturated heterocycles. The quantitative estimate of drug-likeness (QED) is 0.166. The molecule has 0 amide bonds. The second kappa shape index (κ2) is 9.23. The minimum absolute atomic E-state index is 0.0429. The van der Waals surface area contributed by atoms with Crippen LogP contribution in [0.3, 0.4) is 0 Å². The van der Waals surface area contributed by atoms with Crippen molar-refractivity contribution in [1.29, 1.82) is 0 Å². The summed E-state index contributed by atoms with van der Waals surface area (Å²) in [5, 5.41) is 3.03. The van der Waals surface area contributed by atoms with Gasteiger partial charge in [-0.05, 0) is 42.0 Å². The van der Waals surface area contributed by atoms with E-state index < -0.39 is 32.3 Å². The Bertz CT molecular complexity index is 1620. The van der Waals surface area contributed by atoms with E-state index in [2.05, 4.69) is 10.3 Å². The topological polar surface area (TPSA) is 139 Å². The zero-order valence-corrected chi connectivity index (χ0v) is 20.3. The molecule has 0 unspecified atom stereocenters. The van der Waals surface area contributed by atoms with Crippen molar-refractivity contribution in [2.75, 3.05) is 11.1 Å². The zero-order valence-electron chi connectivity index (χ0n) is 18.6. The average molecular weight is 518 g/mol. The van der Waals surface area contributed by atoms with E-state index in [0.717, 1.165) is 22.3 Å². The van der Waals surface area contributed by atoms with Gasteiger partial charge in [-0.3, -0.25) is 19.1 Å². The van der Waals surface area contributed by atoms with Crippen molar-refractivity contribution in [3.8, 4) is 0 Å². The number of ketones is 2. The number of pyridine rings is 1. The van der Waals surface area contributed by atoms with Crippen molar-refractivity contribution >= 4 is 50.5 Å². The number of rotatable bonds is 6. The zero-order chi connectivity index (χ0) is 25.4. The molecular formula is C26H19N3O5S2. The van der Waals surface area contributed by atoms with E-state index in [-0.39, 0.29) is 27.9 Å². The van der Waals surface area contributed by atoms with Gasteiger partial charge in [0.15, 0.2) is 11.6 Å². The highest BCUT2D eigenvalue weighted by molar-refractivity contribution is 7.98. The van der Waals surface area contributed by atoms with Gasteiger partial charge in [-0.25, -0.2) is 0 Å². The largest absolute Gasteiger partial charge is 0.397 e. The summed E-state index contributed by atoms with van der Waals surface area (Å²) in [5.74, 6) is -0.326. The summed E-state index contributed by atoms with van der Waals surface area (Å²) >= 11 is 1.62. The van der Waals surface area contributed by atoms with Crippen LogP contribution >= 0.6 is 11.8 Å². The highest BCUT2D eigenvalue weighted by Crippen LogP contribution is 2.40. The van der Waals surface area contributed by atoms with Crippen LogP contribution < -0.4 is 11.1 Å². The lowest BCUT2D eigenvalue weighted by atomic mass is 9.82. The van der Waals surface area contributed by atoms with Crippen LogP contribution in [0, 0.1) is 0 Å². The maximum Gasteiger partial charge on any atom is 0.296 e. The third kappa shape index (κ3) is 4.37. The number of carbonyl (C=O) groups is 2. The van der Waals surface area contributed by atoms with Gasteiger partial charge in [-0.15, -0.1) is 11.8 Å². The third-order valence-corrected chi connectivity index (χ3v) is 7.72. The van der Waals surface area contributed by atoms with E-state index in [9.17, 15) is 22.6 Å². The Balaban J connectivity index is 1.53. The molecule has 3 aromatic carbocycles. The normalized spacial score (nSPS) is 12.7. The molecule has 10 heteroatoms. The van der Waals surface area contributed by atoms with Crippen molar-refractivity contribution in [2.45, 2.75) is 15.5 Å². The van der Waals surface area contributed by atoms with Crippen LogP contribution in [0.5, 0.6) is 0 Å². The lowest BCUT2D eigenvalue weighted by Crippen LogP contribution is -2.25. The van der Waals surface area contributed by atoms with E-state index in [0.29, 0.717) is 5.69 Å². The average Bonchev–Trinajstić information content (AvgIpc) is 2.87. The molecule has 1 aliphatic rings. The number of nitrogen functional groups attached to an aromatic ring is 1. The molecule has 0 spiro atoms. The maximum absolute atomic E-state index is 13.4. The first-order valence-corrected chi connectivity index (χ1v) is 13.2. The molecule has 36 heavy (non-hydrogen) atoms. The van der Waals surface area contributed by atoms with Crippen LogP contribution in [0.4, 0.5) is 17.1 Å². The van der Waals surface area contributed by atoms with Crippen LogP contribution in [-0.2, 0) is 15.9 Å². The SMILES string of the molecule is Nc1c(S(=O)(=O)O)cc(Nc2ccc(SCc3cccnc3)cc2)c2c1C(=O)c1ccccc1C2=O. The monoisotopic (exact) mass is 517 g/mol. The van der Waals surface area contributed by atoms with E-state index in [4.69, 9.17) is 5.73 Å². The molecule has 4 aromatic rings. The first-order chi connectivity index (χ1) is 17.2. The molecule has 1 heterocycles. The van der Waals surface area contributed by atoms with Gasteiger partial charge >= 0.3 is 0 Å². The summed E-state index contributed by atoms with van der Waals surface area (Å²) in [6.07, 6.45) is 3.52. The van der Waals surface area contributed by atoms with Gasteiger partial charge in [-0.1, -0.05) is 30.3 Å². The van der Waals surface area contributed by atoms with Gasteiger partial charge in [0.05, 0.1) is 22.5 Å². The summed E-state index contributed by atoms with van der Waals surface area (Å²) in [4.78, 5) is 31.1. The number of thioether (sulfide) groups is 1. The number of nitrogens with zero attached hydrogens (tertiary/aromatic N) is 1. The van der Waals surface area contributed by atoms with E-state index >= 15 is 0 Å². The molecule has 0 bridgehead atoms. The summed E-state index contributed by atoms with van der Waals surface area (Å²) in [5.41, 5.74) is 7.26. The highest BCUT2D eigenvalue weighted by atomic mass is 32.2. The van der Waals surface area contributed by atoms with Crippen LogP contribution in [0.15, 0.2) is 88.9 Å². The lowest BCUT2D eigenvalue weighted by Gasteiger charge is -2.23. The number of hydrogen-bond donors (Lipinski definition) is 3. The molecule has 180 valence electrons. The van der Waals surface area contributed by atoms with Gasteiger partial charge in [0.25, 0.3) is 10.1 Å². The second-order valence-corrected chi connectivity index (χ2v) is 10.5. The molecule has 8 nitrogen and oxygen atoms in total. The number of anilines is 3. The van der Waals surface area contributed by atoms with Crippen molar-refractivity contribution in [3.63, 3.8) is 0 Å². The second-order valence-electron chi connectivity index (χ2n) is 8.06. The molecule has 0 aliphatic heterocycles. The van der Waals surface area contributed by atoms with Gasteiger partial charge in [0.1, 0.15) is 4.90 Å². The standard InChI is InChI=1S/C26H19N3O5S2/c27-24-21(36(32,33)34)12-20(22-23(24)26(31)19-6-2-1-5-18(19)25(22)30)29-16-7-9-17(10-8-16)35-14-15-4-3-11-28-13-15/h1-13,29H,14,27H2,(H,32,33,34). The summed E-state index contributed by atoms with van der Waals surface area (Å²) in [6, 6.07) is 18.5. The van der Waals surface area contributed by atoms with Crippen LogP contribution in [-0.4, -0.2) is 29.5 Å². The van der Waals surface area contributed by atoms with Gasteiger partial charge < -0.3 is 11.1 Å². The minimum atomic E-state index is -4.78. The van der Waals surface area contributed by atoms with Crippen molar-refractivity contribution in [1.82, 2.24) is 4.98 Å². The Labute approximate surface area is 211 Å². The van der Waals surface area contributed by atoms with Crippen LogP contribution in [0.25, 0.3) is 0 Å². The number of nitrogens with one attached hydrogen (secondary N) is 1. The molecule has 4 N–H and O–H groups in total. The van der Waals surface area contributed by atoms with Crippen molar-refractivity contribution in [2.24, 2.45) is 0 Å². The first-order valence-electron chi connectivity index (χ1n) is 10.7. The summed E-state index contributed by atoms with van der Waals surface area (Å²) in [6.45, 7) is 0. The highest BCUT2D eigenvalue weighted by Gasteiger charge is 2.36. The molecule has 0 fully saturated rings. The number of nitrogens with two attached hydrogens (primary N) is 1. The fourth-order valence-electron chi connectivity index (χ4n) is 4.05. The molecule has 1 aliphatic carbocycles. The van der Waals surface area contributed by atoms with Gasteiger partial charge in [0.2, 0.25) is 0 Å². The molecule has 0 saturated carbocycles. The van der Waals surface area contributed by atoms with Crippen molar-refractivity contribution < 1.29 is 22.6 Å². The van der Waals surface area contributed by atoms with Crippen LogP contribution in [0.2, 0.25) is 0 Å². The van der Waals surface area contributed by atoms with Crippen molar-refractivity contribution in [3.05, 3.63) is 107 Å². The summed E-state index contributed by atoms with van der Waals surface area (Å²) < 4.78 is 33.9. The number of benzene rings is 3. The fourth-order valence-corrected chi connectivity index (χ4v) is 5.53. The fraction of sp³-hybridized carbons (Fsp3) is 0.0385. The predicted octanol–water partition coefficient (Wildman–Crippen LogP) is 4.72. The van der Waals surface area contributed by atoms with Gasteiger partial charge in [0, 0.05) is 39.9 Å². The molecule has 0 atom stereocenters. The Hall–Kier alpha value is -3.99. The summed E-state index contributed by atoms with van der Waals surface area (Å²) in [7, 11) is -4.78. The van der Waals surface area contributed by atoms with Gasteiger partial charge in [-0.2, -0.15) is 8.42 Å². The molecule has 0 radical (unpaired) electrons. The van der Waals surface area contributed by atoms with Crippen LogP contribution in [0.1, 0.15) is 37.4 Å². The Kier molecular flexibility index (Phi) is 6.09. The Morgan fingerprint density at radius 2 is 1.58 bits per heavy atom. The third-order valence-electron chi connectivity index (χ3n) is 5.74. The molecular weight excluding hydrogens is 498 g/mol. The van der Waals surface area contributed by atoms with E-state index in [1.54, 1.807) is 48.4 Å². The maximum atomic E-state index is 13.4. The molecule has 5 rings (SSSR count). The first kappa shape index (κ1) is 23.7. The lowest BCUT2D eigenvalue weighted by molar-refractivity contribution is 0.0980. The van der Waals surface area contributed by atoms with E-state index in [1.165, 1.54) is 12.1 Å². The number of fused-ring (bicyclic) bond motifs is 2. The number of hydrogen-bond acceptors (Lipinski definition) is 8. The molecule has 1 aromatic heterocycles. The predicted molar refractivity (Wildman–Crippen MR) is 137 cm³/mol. The smallest absolute Gasteiger partial charge is 0.296 e. The minimum Gasteiger partial charge on any atom is -0.397 e.